The van der Waals surface area contributed by atoms with Crippen LogP contribution < -0.4 is 4.18 Å². The maximum absolute atomic E-state index is 11.4. The van der Waals surface area contributed by atoms with Crippen molar-refractivity contribution in [1.29, 1.82) is 0 Å². The van der Waals surface area contributed by atoms with Crippen LogP contribution in [0.5, 0.6) is 5.75 Å². The van der Waals surface area contributed by atoms with E-state index in [9.17, 15) is 8.42 Å². The summed E-state index contributed by atoms with van der Waals surface area (Å²) in [4.78, 5) is 9.49. The summed E-state index contributed by atoms with van der Waals surface area (Å²) in [5, 5.41) is 0.891. The molecule has 0 saturated heterocycles. The largest absolute Gasteiger partial charge is 0.382 e. The van der Waals surface area contributed by atoms with Crippen molar-refractivity contribution in [2.45, 2.75) is 6.92 Å². The number of benzene rings is 1. The molecule has 0 saturated carbocycles. The van der Waals surface area contributed by atoms with Crippen LogP contribution in [0.25, 0.3) is 21.0 Å². The average molecular weight is 346 g/mol. The Labute approximate surface area is 138 Å². The molecule has 0 amide bonds. The molecule has 1 aromatic carbocycles. The Morgan fingerprint density at radius 3 is 2.52 bits per heavy atom. The minimum absolute atomic E-state index is 0.0575. The number of aromatic nitrogens is 2. The van der Waals surface area contributed by atoms with Crippen molar-refractivity contribution >= 4 is 21.5 Å². The van der Waals surface area contributed by atoms with Crippen LogP contribution in [-0.4, -0.2) is 24.1 Å². The summed E-state index contributed by atoms with van der Waals surface area (Å²) in [5.41, 5.74) is 1.93. The van der Waals surface area contributed by atoms with Crippen LogP contribution in [0.2, 0.25) is 0 Å². The second-order valence-corrected chi connectivity index (χ2v) is 7.62. The Balaban J connectivity index is 1.82. The van der Waals surface area contributed by atoms with E-state index in [0.29, 0.717) is 5.75 Å². The Hall–Kier alpha value is -2.25. The third-order valence-corrected chi connectivity index (χ3v) is 5.38. The van der Waals surface area contributed by atoms with Crippen molar-refractivity contribution in [1.82, 2.24) is 9.97 Å². The molecule has 118 valence electrons. The number of pyridine rings is 1. The lowest BCUT2D eigenvalue weighted by molar-refractivity contribution is 0.487. The summed E-state index contributed by atoms with van der Waals surface area (Å²) in [6, 6.07) is 10.8. The van der Waals surface area contributed by atoms with Crippen molar-refractivity contribution in [2.75, 3.05) is 5.75 Å². The van der Waals surface area contributed by atoms with Gasteiger partial charge in [-0.25, -0.2) is 4.98 Å². The predicted molar refractivity (Wildman–Crippen MR) is 90.9 cm³/mol. The minimum atomic E-state index is -3.50. The van der Waals surface area contributed by atoms with Gasteiger partial charge in [0.1, 0.15) is 10.8 Å². The van der Waals surface area contributed by atoms with E-state index in [1.807, 2.05) is 24.3 Å². The lowest BCUT2D eigenvalue weighted by atomic mass is 10.2. The molecule has 2 heterocycles. The molecular formula is C16H14N2O3S2. The number of thiazole rings is 1. The van der Waals surface area contributed by atoms with Crippen LogP contribution in [0, 0.1) is 0 Å². The topological polar surface area (TPSA) is 69.2 Å². The first kappa shape index (κ1) is 15.6. The standard InChI is InChI=1S/C16H14N2O3S2/c1-2-23(19,20)21-14-7-5-12(6-8-14)15-11-18-16(22-15)13-4-3-9-17-10-13/h3-11H,2H2,1H3. The monoisotopic (exact) mass is 346 g/mol. The molecular weight excluding hydrogens is 332 g/mol. The fraction of sp³-hybridized carbons (Fsp3) is 0.125. The van der Waals surface area contributed by atoms with Gasteiger partial charge in [0.15, 0.2) is 0 Å². The molecule has 0 N–H and O–H groups in total. The predicted octanol–water partition coefficient (Wildman–Crippen LogP) is 3.60. The summed E-state index contributed by atoms with van der Waals surface area (Å²) in [7, 11) is -3.50. The van der Waals surface area contributed by atoms with E-state index in [4.69, 9.17) is 4.18 Å². The van der Waals surface area contributed by atoms with Gasteiger partial charge in [0.2, 0.25) is 0 Å². The van der Waals surface area contributed by atoms with Gasteiger partial charge in [-0.3, -0.25) is 4.98 Å². The van der Waals surface area contributed by atoms with E-state index in [2.05, 4.69) is 9.97 Å². The molecule has 23 heavy (non-hydrogen) atoms. The molecule has 0 aliphatic carbocycles. The second-order valence-electron chi connectivity index (χ2n) is 4.73. The highest BCUT2D eigenvalue weighted by Gasteiger charge is 2.10. The highest BCUT2D eigenvalue weighted by Crippen LogP contribution is 2.32. The van der Waals surface area contributed by atoms with Gasteiger partial charge in [-0.15, -0.1) is 11.3 Å². The maximum atomic E-state index is 11.4. The summed E-state index contributed by atoms with van der Waals surface area (Å²) in [6.07, 6.45) is 5.29. The lowest BCUT2D eigenvalue weighted by Crippen LogP contribution is -2.11. The highest BCUT2D eigenvalue weighted by molar-refractivity contribution is 7.87. The lowest BCUT2D eigenvalue weighted by Gasteiger charge is -2.05. The highest BCUT2D eigenvalue weighted by atomic mass is 32.2. The van der Waals surface area contributed by atoms with Crippen LogP contribution in [0.4, 0.5) is 0 Å². The molecule has 0 aliphatic heterocycles. The van der Waals surface area contributed by atoms with Crippen molar-refractivity contribution in [3.63, 3.8) is 0 Å². The van der Waals surface area contributed by atoms with E-state index in [1.165, 1.54) is 0 Å². The molecule has 0 fully saturated rings. The van der Waals surface area contributed by atoms with Crippen LogP contribution in [-0.2, 0) is 10.1 Å². The van der Waals surface area contributed by atoms with Crippen molar-refractivity contribution in [3.8, 4) is 26.8 Å². The molecule has 0 bridgehead atoms. The van der Waals surface area contributed by atoms with Gasteiger partial charge in [-0.1, -0.05) is 0 Å². The van der Waals surface area contributed by atoms with Crippen LogP contribution >= 0.6 is 11.3 Å². The van der Waals surface area contributed by atoms with Crippen molar-refractivity contribution in [3.05, 3.63) is 55.0 Å². The number of nitrogens with zero attached hydrogens (tertiary/aromatic N) is 2. The van der Waals surface area contributed by atoms with Crippen LogP contribution in [0.1, 0.15) is 6.92 Å². The molecule has 0 atom stereocenters. The third-order valence-electron chi connectivity index (χ3n) is 3.13. The van der Waals surface area contributed by atoms with Gasteiger partial charge in [-0.05, 0) is 48.9 Å². The summed E-state index contributed by atoms with van der Waals surface area (Å²) in [5.74, 6) is 0.255. The molecule has 0 aliphatic rings. The zero-order chi connectivity index (χ0) is 16.3. The number of rotatable bonds is 5. The molecule has 5 nitrogen and oxygen atoms in total. The van der Waals surface area contributed by atoms with E-state index in [-0.39, 0.29) is 5.75 Å². The van der Waals surface area contributed by atoms with Crippen molar-refractivity contribution < 1.29 is 12.6 Å². The normalized spacial score (nSPS) is 11.3. The van der Waals surface area contributed by atoms with Gasteiger partial charge in [-0.2, -0.15) is 8.42 Å². The van der Waals surface area contributed by atoms with E-state index in [1.54, 1.807) is 49.0 Å². The molecule has 3 aromatic rings. The van der Waals surface area contributed by atoms with Crippen molar-refractivity contribution in [2.24, 2.45) is 0 Å². The minimum Gasteiger partial charge on any atom is -0.382 e. The summed E-state index contributed by atoms with van der Waals surface area (Å²) in [6.45, 7) is 1.54. The first-order valence-corrected chi connectivity index (χ1v) is 9.35. The third kappa shape index (κ3) is 3.75. The summed E-state index contributed by atoms with van der Waals surface area (Å²) < 4.78 is 27.9. The maximum Gasteiger partial charge on any atom is 0.308 e. The van der Waals surface area contributed by atoms with E-state index >= 15 is 0 Å². The molecule has 0 radical (unpaired) electrons. The van der Waals surface area contributed by atoms with Gasteiger partial charge >= 0.3 is 10.1 Å². The summed E-state index contributed by atoms with van der Waals surface area (Å²) >= 11 is 1.55. The van der Waals surface area contributed by atoms with Crippen LogP contribution in [0.15, 0.2) is 55.0 Å². The van der Waals surface area contributed by atoms with Gasteiger partial charge in [0, 0.05) is 24.2 Å². The molecule has 3 rings (SSSR count). The Morgan fingerprint density at radius 1 is 1.09 bits per heavy atom. The fourth-order valence-electron chi connectivity index (χ4n) is 1.91. The zero-order valence-corrected chi connectivity index (χ0v) is 14.0. The van der Waals surface area contributed by atoms with E-state index < -0.39 is 10.1 Å². The van der Waals surface area contributed by atoms with Crippen LogP contribution in [0.3, 0.4) is 0 Å². The average Bonchev–Trinajstić information content (AvgIpc) is 3.06. The Bertz CT molecular complexity index is 889. The Kier molecular flexibility index (Phi) is 4.40. The van der Waals surface area contributed by atoms with Gasteiger partial charge in [0.05, 0.1) is 10.6 Å². The smallest absolute Gasteiger partial charge is 0.308 e. The molecule has 0 spiro atoms. The van der Waals surface area contributed by atoms with Gasteiger partial charge < -0.3 is 4.18 Å². The molecule has 2 aromatic heterocycles. The molecule has 0 unspecified atom stereocenters. The first-order valence-electron chi connectivity index (χ1n) is 6.96. The number of hydrogen-bond acceptors (Lipinski definition) is 6. The fourth-order valence-corrected chi connectivity index (χ4v) is 3.34. The van der Waals surface area contributed by atoms with E-state index in [0.717, 1.165) is 21.0 Å². The molecule has 7 heteroatoms. The Morgan fingerprint density at radius 2 is 1.87 bits per heavy atom. The first-order chi connectivity index (χ1) is 11.1. The SMILES string of the molecule is CCS(=O)(=O)Oc1ccc(-c2cnc(-c3cccnc3)s2)cc1. The number of hydrogen-bond donors (Lipinski definition) is 0. The van der Waals surface area contributed by atoms with Gasteiger partial charge in [0.25, 0.3) is 0 Å². The zero-order valence-electron chi connectivity index (χ0n) is 12.3. The quantitative estimate of drug-likeness (QED) is 0.660. The second kappa shape index (κ2) is 6.47.